The molecule has 0 saturated heterocycles. The van der Waals surface area contributed by atoms with E-state index in [0.717, 1.165) is 18.3 Å². The molecule has 50 valence electrons. The Labute approximate surface area is 56.1 Å². The molecule has 1 nitrogen and oxygen atoms in total. The van der Waals surface area contributed by atoms with Crippen molar-refractivity contribution < 1.29 is 4.79 Å². The second-order valence-corrected chi connectivity index (χ2v) is 1.99. The number of unbranched alkanes of at least 4 members (excludes halogenated alkanes) is 1. The highest BCUT2D eigenvalue weighted by atomic mass is 16.1. The van der Waals surface area contributed by atoms with Crippen molar-refractivity contribution in [1.29, 1.82) is 0 Å². The van der Waals surface area contributed by atoms with Gasteiger partial charge < -0.3 is 4.79 Å². The third-order valence-electron chi connectivity index (χ3n) is 0.854. The maximum absolute atomic E-state index is 9.79. The van der Waals surface area contributed by atoms with Crippen LogP contribution in [0.4, 0.5) is 0 Å². The standard InChI is InChI=1S/C8H12O/c1-8(2)6-4-3-5-7-9/h4,6-7H,1,3,5H2,2H3/b6-4-. The van der Waals surface area contributed by atoms with E-state index >= 15 is 0 Å². The van der Waals surface area contributed by atoms with Gasteiger partial charge >= 0.3 is 0 Å². The van der Waals surface area contributed by atoms with Crippen molar-refractivity contribution in [2.45, 2.75) is 19.8 Å². The van der Waals surface area contributed by atoms with Crippen molar-refractivity contribution in [3.05, 3.63) is 24.3 Å². The fourth-order valence-electron chi connectivity index (χ4n) is 0.449. The smallest absolute Gasteiger partial charge is 0.120 e. The number of carbonyl (C=O) groups is 1. The van der Waals surface area contributed by atoms with Crippen LogP contribution in [0.15, 0.2) is 24.3 Å². The summed E-state index contributed by atoms with van der Waals surface area (Å²) in [5.74, 6) is 0. The number of allylic oxidation sites excluding steroid dienone is 3. The van der Waals surface area contributed by atoms with Gasteiger partial charge in [0.1, 0.15) is 6.29 Å². The molecule has 0 radical (unpaired) electrons. The molecular formula is C8H12O. The molecule has 0 bridgehead atoms. The average molecular weight is 124 g/mol. The van der Waals surface area contributed by atoms with E-state index in [1.54, 1.807) is 0 Å². The zero-order valence-corrected chi connectivity index (χ0v) is 5.76. The quantitative estimate of drug-likeness (QED) is 0.318. The van der Waals surface area contributed by atoms with Crippen LogP contribution in [0.5, 0.6) is 0 Å². The normalized spacial score (nSPS) is 9.89. The number of hydrogen-bond acceptors (Lipinski definition) is 1. The predicted molar refractivity (Wildman–Crippen MR) is 39.3 cm³/mol. The van der Waals surface area contributed by atoms with Gasteiger partial charge in [-0.1, -0.05) is 24.3 Å². The summed E-state index contributed by atoms with van der Waals surface area (Å²) in [6, 6.07) is 0. The lowest BCUT2D eigenvalue weighted by molar-refractivity contribution is -0.107. The van der Waals surface area contributed by atoms with Crippen LogP contribution >= 0.6 is 0 Å². The summed E-state index contributed by atoms with van der Waals surface area (Å²) in [5, 5.41) is 0. The van der Waals surface area contributed by atoms with Gasteiger partial charge in [-0.25, -0.2) is 0 Å². The van der Waals surface area contributed by atoms with E-state index in [1.807, 2.05) is 19.1 Å². The predicted octanol–water partition coefficient (Wildman–Crippen LogP) is 2.10. The Kier molecular flexibility index (Phi) is 4.79. The fraction of sp³-hybridized carbons (Fsp3) is 0.375. The van der Waals surface area contributed by atoms with Gasteiger partial charge in [0.2, 0.25) is 0 Å². The number of rotatable bonds is 4. The van der Waals surface area contributed by atoms with Gasteiger partial charge in [0.25, 0.3) is 0 Å². The van der Waals surface area contributed by atoms with Crippen LogP contribution in [0.2, 0.25) is 0 Å². The first-order chi connectivity index (χ1) is 4.27. The maximum atomic E-state index is 9.79. The Morgan fingerprint density at radius 1 is 1.56 bits per heavy atom. The zero-order chi connectivity index (χ0) is 7.11. The van der Waals surface area contributed by atoms with Crippen LogP contribution < -0.4 is 0 Å². The molecule has 0 aliphatic carbocycles. The minimum atomic E-state index is 0.615. The molecule has 0 amide bonds. The molecule has 0 rings (SSSR count). The zero-order valence-electron chi connectivity index (χ0n) is 5.76. The van der Waals surface area contributed by atoms with Crippen LogP contribution in [0.25, 0.3) is 0 Å². The summed E-state index contributed by atoms with van der Waals surface area (Å²) in [5.41, 5.74) is 1.03. The summed E-state index contributed by atoms with van der Waals surface area (Å²) in [6.07, 6.45) is 6.24. The van der Waals surface area contributed by atoms with Gasteiger partial charge in [-0.2, -0.15) is 0 Å². The van der Waals surface area contributed by atoms with Crippen LogP contribution in [0.3, 0.4) is 0 Å². The topological polar surface area (TPSA) is 17.1 Å². The Balaban J connectivity index is 3.24. The first kappa shape index (κ1) is 8.15. The maximum Gasteiger partial charge on any atom is 0.120 e. The molecule has 0 unspecified atom stereocenters. The van der Waals surface area contributed by atoms with E-state index in [0.29, 0.717) is 6.42 Å². The summed E-state index contributed by atoms with van der Waals surface area (Å²) < 4.78 is 0. The van der Waals surface area contributed by atoms with Crippen LogP contribution in [0, 0.1) is 0 Å². The van der Waals surface area contributed by atoms with E-state index < -0.39 is 0 Å². The number of carbonyl (C=O) groups excluding carboxylic acids is 1. The van der Waals surface area contributed by atoms with Crippen molar-refractivity contribution in [3.8, 4) is 0 Å². The molecule has 0 aliphatic heterocycles. The SMILES string of the molecule is C=C(C)/C=C\CCC=O. The van der Waals surface area contributed by atoms with Gasteiger partial charge in [0.05, 0.1) is 0 Å². The van der Waals surface area contributed by atoms with E-state index in [-0.39, 0.29) is 0 Å². The Hall–Kier alpha value is -0.850. The molecule has 0 aromatic heterocycles. The lowest BCUT2D eigenvalue weighted by Crippen LogP contribution is -1.70. The summed E-state index contributed by atoms with van der Waals surface area (Å²) >= 11 is 0. The van der Waals surface area contributed by atoms with Gasteiger partial charge in [0.15, 0.2) is 0 Å². The number of aldehydes is 1. The van der Waals surface area contributed by atoms with Gasteiger partial charge in [-0.15, -0.1) is 0 Å². The van der Waals surface area contributed by atoms with E-state index in [1.165, 1.54) is 0 Å². The van der Waals surface area contributed by atoms with Crippen LogP contribution in [-0.2, 0) is 4.79 Å². The highest BCUT2D eigenvalue weighted by Crippen LogP contribution is 1.92. The summed E-state index contributed by atoms with van der Waals surface area (Å²) in [7, 11) is 0. The van der Waals surface area contributed by atoms with Crippen molar-refractivity contribution >= 4 is 6.29 Å². The first-order valence-corrected chi connectivity index (χ1v) is 3.03. The van der Waals surface area contributed by atoms with Crippen LogP contribution in [0.1, 0.15) is 19.8 Å². The molecular weight excluding hydrogens is 112 g/mol. The molecule has 0 aromatic carbocycles. The number of hydrogen-bond donors (Lipinski definition) is 0. The first-order valence-electron chi connectivity index (χ1n) is 3.03. The Bertz CT molecular complexity index is 123. The molecule has 0 saturated carbocycles. The molecule has 1 heteroatoms. The Morgan fingerprint density at radius 2 is 2.22 bits per heavy atom. The molecule has 9 heavy (non-hydrogen) atoms. The van der Waals surface area contributed by atoms with E-state index in [9.17, 15) is 4.79 Å². The second kappa shape index (κ2) is 5.29. The minimum absolute atomic E-state index is 0.615. The summed E-state index contributed by atoms with van der Waals surface area (Å²) in [4.78, 5) is 9.79. The van der Waals surface area contributed by atoms with Gasteiger partial charge in [0, 0.05) is 6.42 Å². The van der Waals surface area contributed by atoms with Crippen LogP contribution in [-0.4, -0.2) is 6.29 Å². The Morgan fingerprint density at radius 3 is 2.67 bits per heavy atom. The third-order valence-corrected chi connectivity index (χ3v) is 0.854. The minimum Gasteiger partial charge on any atom is -0.303 e. The summed E-state index contributed by atoms with van der Waals surface area (Å²) in [6.45, 7) is 5.61. The highest BCUT2D eigenvalue weighted by molar-refractivity contribution is 5.49. The molecule has 0 N–H and O–H groups in total. The van der Waals surface area contributed by atoms with Crippen molar-refractivity contribution in [2.24, 2.45) is 0 Å². The lowest BCUT2D eigenvalue weighted by atomic mass is 10.2. The van der Waals surface area contributed by atoms with Gasteiger partial charge in [-0.05, 0) is 13.3 Å². The van der Waals surface area contributed by atoms with E-state index in [4.69, 9.17) is 0 Å². The van der Waals surface area contributed by atoms with Crippen molar-refractivity contribution in [3.63, 3.8) is 0 Å². The third kappa shape index (κ3) is 7.15. The average Bonchev–Trinajstić information content (AvgIpc) is 1.80. The molecule has 0 spiro atoms. The largest absolute Gasteiger partial charge is 0.303 e. The van der Waals surface area contributed by atoms with Crippen molar-refractivity contribution in [1.82, 2.24) is 0 Å². The molecule has 0 aliphatic rings. The van der Waals surface area contributed by atoms with E-state index in [2.05, 4.69) is 6.58 Å². The van der Waals surface area contributed by atoms with Gasteiger partial charge in [-0.3, -0.25) is 0 Å². The van der Waals surface area contributed by atoms with Crippen molar-refractivity contribution in [2.75, 3.05) is 0 Å². The monoisotopic (exact) mass is 124 g/mol. The molecule has 0 heterocycles. The molecule has 0 atom stereocenters. The molecule has 0 aromatic rings. The molecule has 0 fully saturated rings. The fourth-order valence-corrected chi connectivity index (χ4v) is 0.449. The highest BCUT2D eigenvalue weighted by Gasteiger charge is 1.76. The second-order valence-electron chi connectivity index (χ2n) is 1.99. The lowest BCUT2D eigenvalue weighted by Gasteiger charge is -1.83.